The van der Waals surface area contributed by atoms with E-state index in [0.29, 0.717) is 17.4 Å². The van der Waals surface area contributed by atoms with Crippen LogP contribution in [0.5, 0.6) is 5.75 Å². The van der Waals surface area contributed by atoms with Crippen LogP contribution in [0.25, 0.3) is 22.4 Å². The van der Waals surface area contributed by atoms with Crippen LogP contribution in [0.1, 0.15) is 11.5 Å². The lowest BCUT2D eigenvalue weighted by atomic mass is 10.2. The first-order valence-corrected chi connectivity index (χ1v) is 8.47. The highest BCUT2D eigenvalue weighted by Crippen LogP contribution is 2.23. The molecule has 4 aromatic rings. The third-order valence-electron chi connectivity index (χ3n) is 4.18. The van der Waals surface area contributed by atoms with E-state index in [1.54, 1.807) is 6.20 Å². The first-order chi connectivity index (χ1) is 13.1. The van der Waals surface area contributed by atoms with Crippen LogP contribution in [0.15, 0.2) is 59.1 Å². The molecule has 2 heterocycles. The van der Waals surface area contributed by atoms with Crippen LogP contribution >= 0.6 is 0 Å². The summed E-state index contributed by atoms with van der Waals surface area (Å²) in [5.74, 6) is 1.05. The number of ether oxygens (including phenoxy) is 1. The van der Waals surface area contributed by atoms with Gasteiger partial charge in [0.1, 0.15) is 29.3 Å². The molecule has 0 aliphatic rings. The van der Waals surface area contributed by atoms with Gasteiger partial charge in [-0.15, -0.1) is 4.68 Å². The molecule has 0 spiro atoms. The number of aromatic nitrogens is 3. The predicted octanol–water partition coefficient (Wildman–Crippen LogP) is 3.08. The van der Waals surface area contributed by atoms with E-state index in [1.807, 2.05) is 55.5 Å². The molecule has 7 heteroatoms. The first kappa shape index (κ1) is 16.8. The second-order valence-corrected chi connectivity index (χ2v) is 6.19. The zero-order chi connectivity index (χ0) is 18.8. The summed E-state index contributed by atoms with van der Waals surface area (Å²) in [5, 5.41) is 12.8. The van der Waals surface area contributed by atoms with Gasteiger partial charge >= 0.3 is 5.97 Å². The van der Waals surface area contributed by atoms with Crippen molar-refractivity contribution in [3.8, 4) is 17.2 Å². The number of carboxylic acids is 1. The van der Waals surface area contributed by atoms with Gasteiger partial charge in [-0.3, -0.25) is 0 Å². The van der Waals surface area contributed by atoms with Crippen LogP contribution in [-0.4, -0.2) is 21.2 Å². The van der Waals surface area contributed by atoms with E-state index < -0.39 is 5.97 Å². The minimum atomic E-state index is -0.904. The van der Waals surface area contributed by atoms with Gasteiger partial charge in [-0.1, -0.05) is 18.2 Å². The number of aliphatic carboxylic acids is 1. The Hall–Kier alpha value is -3.61. The number of carboxylic acid groups (broad SMARTS) is 1. The predicted molar refractivity (Wildman–Crippen MR) is 97.1 cm³/mol. The molecule has 0 amide bonds. The molecule has 0 bridgehead atoms. The summed E-state index contributed by atoms with van der Waals surface area (Å²) in [7, 11) is 0. The maximum Gasteiger partial charge on any atom is 0.372 e. The quantitative estimate of drug-likeness (QED) is 0.513. The lowest BCUT2D eigenvalue weighted by Crippen LogP contribution is -2.38. The molecule has 136 valence electrons. The summed E-state index contributed by atoms with van der Waals surface area (Å²) in [5.41, 5.74) is 2.46. The number of rotatable bonds is 6. The summed E-state index contributed by atoms with van der Waals surface area (Å²) >= 11 is 0. The van der Waals surface area contributed by atoms with Gasteiger partial charge in [0.25, 0.3) is 6.54 Å². The highest BCUT2D eigenvalue weighted by Gasteiger charge is 2.14. The zero-order valence-corrected chi connectivity index (χ0v) is 14.7. The van der Waals surface area contributed by atoms with Gasteiger partial charge in [0.15, 0.2) is 0 Å². The van der Waals surface area contributed by atoms with Crippen molar-refractivity contribution in [1.82, 2.24) is 10.1 Å². The van der Waals surface area contributed by atoms with Crippen molar-refractivity contribution in [2.24, 2.45) is 0 Å². The number of benzene rings is 2. The molecule has 0 saturated heterocycles. The Labute approximate surface area is 154 Å². The minimum Gasteiger partial charge on any atom is -0.487 e. The Balaban J connectivity index is 1.50. The number of carbonyl (C=O) groups is 1. The van der Waals surface area contributed by atoms with Crippen LogP contribution in [-0.2, 0) is 17.9 Å². The second kappa shape index (κ2) is 6.95. The zero-order valence-electron chi connectivity index (χ0n) is 14.7. The molecule has 0 radical (unpaired) electrons. The van der Waals surface area contributed by atoms with Gasteiger partial charge in [0, 0.05) is 11.6 Å². The van der Waals surface area contributed by atoms with E-state index >= 15 is 0 Å². The highest BCUT2D eigenvalue weighted by molar-refractivity contribution is 5.78. The van der Waals surface area contributed by atoms with Gasteiger partial charge in [0.05, 0.1) is 5.39 Å². The van der Waals surface area contributed by atoms with Crippen molar-refractivity contribution in [3.05, 3.63) is 66.2 Å². The maximum atomic E-state index is 10.8. The highest BCUT2D eigenvalue weighted by atomic mass is 16.5. The Morgan fingerprint density at radius 1 is 1.26 bits per heavy atom. The average Bonchev–Trinajstić information content (AvgIpc) is 3.22. The monoisotopic (exact) mass is 364 g/mol. The van der Waals surface area contributed by atoms with Gasteiger partial charge < -0.3 is 14.3 Å². The summed E-state index contributed by atoms with van der Waals surface area (Å²) in [6.07, 6.45) is 1.75. The normalized spacial score (nSPS) is 11.0. The molecule has 0 aliphatic carbocycles. The molecule has 4 rings (SSSR count). The standard InChI is InChI=1S/C20H17N3O4/c1-13-18(21-20(27-13)14-5-3-2-4-6-14)12-26-16-8-7-15-10-23(11-19(24)25)22-17(15)9-16/h2-10H,11-12H2,1H3,(H,24,25)/p+1. The molecule has 2 N–H and O–H groups in total. The summed E-state index contributed by atoms with van der Waals surface area (Å²) in [6, 6.07) is 15.3. The van der Waals surface area contributed by atoms with E-state index in [-0.39, 0.29) is 13.2 Å². The number of fused-ring (bicyclic) bond motifs is 1. The summed E-state index contributed by atoms with van der Waals surface area (Å²) in [6.45, 7) is 2.02. The van der Waals surface area contributed by atoms with Crippen LogP contribution < -0.4 is 9.42 Å². The molecule has 0 unspecified atom stereocenters. The second-order valence-electron chi connectivity index (χ2n) is 6.19. The Bertz CT molecular complexity index is 1100. The number of aromatic amines is 1. The van der Waals surface area contributed by atoms with Gasteiger partial charge in [-0.05, 0) is 31.2 Å². The molecule has 2 aromatic heterocycles. The van der Waals surface area contributed by atoms with E-state index in [9.17, 15) is 4.79 Å². The van der Waals surface area contributed by atoms with Crippen molar-refractivity contribution in [1.29, 1.82) is 0 Å². The lowest BCUT2D eigenvalue weighted by Gasteiger charge is -2.03. The van der Waals surface area contributed by atoms with E-state index in [2.05, 4.69) is 10.1 Å². The van der Waals surface area contributed by atoms with Crippen LogP contribution in [0.4, 0.5) is 0 Å². The summed E-state index contributed by atoms with van der Waals surface area (Å²) in [4.78, 5) is 15.4. The smallest absolute Gasteiger partial charge is 0.372 e. The number of aryl methyl sites for hydroxylation is 1. The third kappa shape index (κ3) is 3.67. The molecule has 0 saturated carbocycles. The summed E-state index contributed by atoms with van der Waals surface area (Å²) < 4.78 is 13.1. The van der Waals surface area contributed by atoms with E-state index in [1.165, 1.54) is 4.68 Å². The van der Waals surface area contributed by atoms with Crippen molar-refractivity contribution in [2.45, 2.75) is 20.1 Å². The van der Waals surface area contributed by atoms with Crippen LogP contribution in [0, 0.1) is 6.92 Å². The van der Waals surface area contributed by atoms with E-state index in [0.717, 1.165) is 22.2 Å². The van der Waals surface area contributed by atoms with Crippen LogP contribution in [0.3, 0.4) is 0 Å². The number of hydrogen-bond acceptors (Lipinski definition) is 4. The van der Waals surface area contributed by atoms with E-state index in [4.69, 9.17) is 14.3 Å². The molecule has 0 atom stereocenters. The Morgan fingerprint density at radius 3 is 2.85 bits per heavy atom. The third-order valence-corrected chi connectivity index (χ3v) is 4.18. The molecule has 7 nitrogen and oxygen atoms in total. The Kier molecular flexibility index (Phi) is 4.33. The average molecular weight is 364 g/mol. The van der Waals surface area contributed by atoms with Crippen molar-refractivity contribution in [3.63, 3.8) is 0 Å². The first-order valence-electron chi connectivity index (χ1n) is 8.47. The minimum absolute atomic E-state index is 0.120. The maximum absolute atomic E-state index is 10.8. The Morgan fingerprint density at radius 2 is 2.07 bits per heavy atom. The molecular formula is C20H18N3O4+. The fourth-order valence-corrected chi connectivity index (χ4v) is 2.84. The fourth-order valence-electron chi connectivity index (χ4n) is 2.84. The number of H-pyrrole nitrogens is 1. The van der Waals surface area contributed by atoms with Gasteiger partial charge in [-0.2, -0.15) is 5.10 Å². The molecular weight excluding hydrogens is 346 g/mol. The number of nitrogens with zero attached hydrogens (tertiary/aromatic N) is 2. The number of hydrogen-bond donors (Lipinski definition) is 2. The SMILES string of the molecule is Cc1oc(-c2ccccc2)nc1COc1ccc2c[n+](CC(=O)O)[nH]c2c1. The van der Waals surface area contributed by atoms with Gasteiger partial charge in [-0.25, -0.2) is 9.78 Å². The molecule has 27 heavy (non-hydrogen) atoms. The largest absolute Gasteiger partial charge is 0.487 e. The van der Waals surface area contributed by atoms with Crippen molar-refractivity contribution in [2.75, 3.05) is 0 Å². The molecule has 0 fully saturated rings. The van der Waals surface area contributed by atoms with Gasteiger partial charge in [0.2, 0.25) is 12.1 Å². The lowest BCUT2D eigenvalue weighted by molar-refractivity contribution is -0.737. The van der Waals surface area contributed by atoms with Crippen molar-refractivity contribution < 1.29 is 23.7 Å². The molecule has 2 aromatic carbocycles. The molecule has 0 aliphatic heterocycles. The number of nitrogens with one attached hydrogen (secondary N) is 1. The van der Waals surface area contributed by atoms with Crippen LogP contribution in [0.2, 0.25) is 0 Å². The number of oxazole rings is 1. The fraction of sp³-hybridized carbons (Fsp3) is 0.150. The topological polar surface area (TPSA) is 92.2 Å². The van der Waals surface area contributed by atoms with Crippen molar-refractivity contribution >= 4 is 16.9 Å².